The first-order valence-corrected chi connectivity index (χ1v) is 13.6. The van der Waals surface area contributed by atoms with Crippen LogP contribution in [0.25, 0.3) is 10.9 Å². The van der Waals surface area contributed by atoms with Crippen LogP contribution < -0.4 is 5.73 Å². The zero-order valence-corrected chi connectivity index (χ0v) is 21.3. The number of hydrogen-bond donors (Lipinski definition) is 2. The lowest BCUT2D eigenvalue weighted by Crippen LogP contribution is -2.32. The number of nitrogens with zero attached hydrogens (tertiary/aromatic N) is 1. The van der Waals surface area contributed by atoms with Crippen LogP contribution in [-0.2, 0) is 11.2 Å². The minimum Gasteiger partial charge on any atom is -0.480 e. The fraction of sp³-hybridized carbons (Fsp3) is 0.655. The average Bonchev–Trinajstić information content (AvgIpc) is 3.20. The number of fused-ring (bicyclic) bond motifs is 1. The van der Waals surface area contributed by atoms with Gasteiger partial charge in [-0.05, 0) is 18.1 Å². The second kappa shape index (κ2) is 16.5. The van der Waals surface area contributed by atoms with Gasteiger partial charge in [0.1, 0.15) is 6.04 Å². The quantitative estimate of drug-likeness (QED) is 0.208. The molecule has 2 rings (SSSR count). The Labute approximate surface area is 206 Å². The topological polar surface area (TPSA) is 85.3 Å². The van der Waals surface area contributed by atoms with E-state index in [4.69, 9.17) is 10.8 Å². The van der Waals surface area contributed by atoms with E-state index in [0.29, 0.717) is 6.42 Å². The zero-order chi connectivity index (χ0) is 24.6. The molecule has 0 aliphatic heterocycles. The van der Waals surface area contributed by atoms with Crippen molar-refractivity contribution in [1.82, 2.24) is 4.57 Å². The molecule has 0 fully saturated rings. The first-order valence-electron chi connectivity index (χ1n) is 13.6. The Morgan fingerprint density at radius 3 is 1.85 bits per heavy atom. The van der Waals surface area contributed by atoms with E-state index < -0.39 is 12.0 Å². The summed E-state index contributed by atoms with van der Waals surface area (Å²) in [5.74, 6) is -0.956. The van der Waals surface area contributed by atoms with Crippen LogP contribution in [-0.4, -0.2) is 27.6 Å². The Balaban J connectivity index is 1.59. The van der Waals surface area contributed by atoms with Crippen LogP contribution in [0.15, 0.2) is 30.5 Å². The number of para-hydroxylation sites is 1. The average molecular weight is 471 g/mol. The van der Waals surface area contributed by atoms with Crippen LogP contribution in [0.5, 0.6) is 0 Å². The van der Waals surface area contributed by atoms with E-state index in [1.165, 1.54) is 83.5 Å². The molecule has 0 aliphatic rings. The van der Waals surface area contributed by atoms with Crippen molar-refractivity contribution in [2.75, 3.05) is 0 Å². The van der Waals surface area contributed by atoms with Crippen molar-refractivity contribution in [2.24, 2.45) is 5.73 Å². The number of aromatic nitrogens is 1. The maximum Gasteiger partial charge on any atom is 0.320 e. The van der Waals surface area contributed by atoms with Gasteiger partial charge in [-0.15, -0.1) is 0 Å². The predicted molar refractivity (Wildman–Crippen MR) is 141 cm³/mol. The van der Waals surface area contributed by atoms with Crippen LogP contribution in [0.4, 0.5) is 0 Å². The predicted octanol–water partition coefficient (Wildman–Crippen LogP) is 7.50. The minimum absolute atomic E-state index is 0.0704. The lowest BCUT2D eigenvalue weighted by molar-refractivity contribution is -0.138. The maximum absolute atomic E-state index is 12.8. The van der Waals surface area contributed by atoms with Crippen molar-refractivity contribution in [2.45, 2.75) is 122 Å². The van der Waals surface area contributed by atoms with Gasteiger partial charge in [0.15, 0.2) is 0 Å². The van der Waals surface area contributed by atoms with Gasteiger partial charge in [0, 0.05) is 24.4 Å². The fourth-order valence-corrected chi connectivity index (χ4v) is 4.71. The third-order valence-corrected chi connectivity index (χ3v) is 6.81. The molecule has 5 nitrogen and oxygen atoms in total. The van der Waals surface area contributed by atoms with E-state index in [0.717, 1.165) is 29.3 Å². The van der Waals surface area contributed by atoms with Crippen molar-refractivity contribution >= 4 is 22.8 Å². The van der Waals surface area contributed by atoms with Crippen molar-refractivity contribution in [3.05, 3.63) is 36.0 Å². The Bertz CT molecular complexity index is 858. The Morgan fingerprint density at radius 1 is 0.824 bits per heavy atom. The first-order chi connectivity index (χ1) is 16.5. The SMILES string of the molecule is CCCCCCCCCCCCCCCCCC(=O)n1cc(CC(N)C(=O)O)c2ccccc21. The molecule has 1 unspecified atom stereocenters. The molecule has 1 heterocycles. The molecule has 3 N–H and O–H groups in total. The summed E-state index contributed by atoms with van der Waals surface area (Å²) < 4.78 is 1.68. The second-order valence-electron chi connectivity index (χ2n) is 9.78. The number of carboxylic acids is 1. The van der Waals surface area contributed by atoms with E-state index in [2.05, 4.69) is 6.92 Å². The van der Waals surface area contributed by atoms with E-state index in [1.807, 2.05) is 24.3 Å². The van der Waals surface area contributed by atoms with Crippen LogP contribution in [0.3, 0.4) is 0 Å². The summed E-state index contributed by atoms with van der Waals surface area (Å²) in [6.07, 6.45) is 22.1. The Kier molecular flexibility index (Phi) is 13.6. The maximum atomic E-state index is 12.8. The smallest absolute Gasteiger partial charge is 0.320 e. The molecule has 0 saturated heterocycles. The molecule has 0 bridgehead atoms. The van der Waals surface area contributed by atoms with Crippen LogP contribution >= 0.6 is 0 Å². The van der Waals surface area contributed by atoms with Gasteiger partial charge in [-0.25, -0.2) is 0 Å². The minimum atomic E-state index is -1.03. The van der Waals surface area contributed by atoms with Gasteiger partial charge in [-0.1, -0.05) is 115 Å². The number of benzene rings is 1. The summed E-state index contributed by atoms with van der Waals surface area (Å²) >= 11 is 0. The molecule has 1 aromatic carbocycles. The van der Waals surface area contributed by atoms with E-state index in [1.54, 1.807) is 10.8 Å². The highest BCUT2D eigenvalue weighted by atomic mass is 16.4. The monoisotopic (exact) mass is 470 g/mol. The molecule has 0 saturated carbocycles. The summed E-state index contributed by atoms with van der Waals surface area (Å²) in [5.41, 5.74) is 7.38. The largest absolute Gasteiger partial charge is 0.480 e. The molecule has 5 heteroatoms. The number of carbonyl (C=O) groups is 2. The number of carbonyl (C=O) groups excluding carboxylic acids is 1. The van der Waals surface area contributed by atoms with Gasteiger partial charge >= 0.3 is 5.97 Å². The molecule has 0 aliphatic carbocycles. The molecule has 0 amide bonds. The fourth-order valence-electron chi connectivity index (χ4n) is 4.71. The van der Waals surface area contributed by atoms with Crippen molar-refractivity contribution in [3.63, 3.8) is 0 Å². The summed E-state index contributed by atoms with van der Waals surface area (Å²) in [7, 11) is 0. The highest BCUT2D eigenvalue weighted by Gasteiger charge is 2.18. The number of hydrogen-bond acceptors (Lipinski definition) is 3. The van der Waals surface area contributed by atoms with Crippen molar-refractivity contribution in [1.29, 1.82) is 0 Å². The lowest BCUT2D eigenvalue weighted by Gasteiger charge is -2.05. The second-order valence-corrected chi connectivity index (χ2v) is 9.78. The summed E-state index contributed by atoms with van der Waals surface area (Å²) in [6, 6.07) is 6.68. The number of aliphatic carboxylic acids is 1. The molecule has 34 heavy (non-hydrogen) atoms. The van der Waals surface area contributed by atoms with Gasteiger partial charge < -0.3 is 10.8 Å². The number of rotatable bonds is 19. The molecule has 2 aromatic rings. The summed E-state index contributed by atoms with van der Waals surface area (Å²) in [6.45, 7) is 2.27. The van der Waals surface area contributed by atoms with Gasteiger partial charge in [-0.3, -0.25) is 14.2 Å². The molecule has 0 spiro atoms. The Morgan fingerprint density at radius 2 is 1.32 bits per heavy atom. The summed E-state index contributed by atoms with van der Waals surface area (Å²) in [4.78, 5) is 24.0. The molecule has 1 atom stereocenters. The highest BCUT2D eigenvalue weighted by Crippen LogP contribution is 2.23. The number of unbranched alkanes of at least 4 members (excludes halogenated alkanes) is 14. The van der Waals surface area contributed by atoms with Crippen molar-refractivity contribution in [3.8, 4) is 0 Å². The lowest BCUT2D eigenvalue weighted by atomic mass is 10.0. The van der Waals surface area contributed by atoms with E-state index in [9.17, 15) is 9.59 Å². The molecular weight excluding hydrogens is 424 g/mol. The third kappa shape index (κ3) is 10.0. The van der Waals surface area contributed by atoms with Gasteiger partial charge in [0.25, 0.3) is 0 Å². The normalized spacial score (nSPS) is 12.3. The Hall–Kier alpha value is -2.14. The first kappa shape index (κ1) is 28.1. The van der Waals surface area contributed by atoms with Gasteiger partial charge in [0.05, 0.1) is 5.52 Å². The number of carboxylic acid groups (broad SMARTS) is 1. The van der Waals surface area contributed by atoms with Crippen LogP contribution in [0, 0.1) is 0 Å². The molecule has 190 valence electrons. The number of nitrogens with two attached hydrogens (primary N) is 1. The highest BCUT2D eigenvalue weighted by molar-refractivity contribution is 5.94. The van der Waals surface area contributed by atoms with Crippen LogP contribution in [0.2, 0.25) is 0 Å². The van der Waals surface area contributed by atoms with Gasteiger partial charge in [0.2, 0.25) is 5.91 Å². The third-order valence-electron chi connectivity index (χ3n) is 6.81. The molecule has 0 radical (unpaired) electrons. The van der Waals surface area contributed by atoms with E-state index >= 15 is 0 Å². The summed E-state index contributed by atoms with van der Waals surface area (Å²) in [5, 5.41) is 10.0. The zero-order valence-electron chi connectivity index (χ0n) is 21.3. The van der Waals surface area contributed by atoms with Gasteiger partial charge in [-0.2, -0.15) is 0 Å². The van der Waals surface area contributed by atoms with Crippen molar-refractivity contribution < 1.29 is 14.7 Å². The molecular formula is C29H46N2O3. The standard InChI is InChI=1S/C29H46N2O3/c1-2-3-4-5-6-7-8-9-10-11-12-13-14-15-16-21-28(32)31-23-24(22-26(30)29(33)34)25-19-17-18-20-27(25)31/h17-20,23,26H,2-16,21-22,30H2,1H3,(H,33,34). The molecule has 1 aromatic heterocycles. The van der Waals surface area contributed by atoms with E-state index in [-0.39, 0.29) is 12.3 Å². The van der Waals surface area contributed by atoms with Crippen LogP contribution in [0.1, 0.15) is 120 Å².